The molecule has 82 valence electrons. The lowest BCUT2D eigenvalue weighted by atomic mass is 10.4. The number of hydrogen-bond acceptors (Lipinski definition) is 3. The van der Waals surface area contributed by atoms with Crippen molar-refractivity contribution in [2.75, 3.05) is 6.26 Å². The Morgan fingerprint density at radius 2 is 1.50 bits per heavy atom. The highest BCUT2D eigenvalue weighted by atomic mass is 32.2. The Hall–Kier alpha value is -0.570. The van der Waals surface area contributed by atoms with E-state index in [1.807, 2.05) is 39.4 Å². The molecule has 2 nitrogen and oxygen atoms in total. The zero-order chi connectivity index (χ0) is 11.4. The Kier molecular flexibility index (Phi) is 14.1. The SMILES string of the molecule is CC.CCC.CSc1ncc(C)cn1. The topological polar surface area (TPSA) is 25.8 Å². The van der Waals surface area contributed by atoms with Crippen LogP contribution in [-0.4, -0.2) is 16.2 Å². The number of thioether (sulfide) groups is 1. The molecule has 0 bridgehead atoms. The highest BCUT2D eigenvalue weighted by Gasteiger charge is 1.88. The summed E-state index contributed by atoms with van der Waals surface area (Å²) in [7, 11) is 0. The van der Waals surface area contributed by atoms with E-state index in [1.54, 1.807) is 11.8 Å². The zero-order valence-corrected chi connectivity index (χ0v) is 11.0. The van der Waals surface area contributed by atoms with Gasteiger partial charge in [-0.15, -0.1) is 0 Å². The van der Waals surface area contributed by atoms with Gasteiger partial charge in [0.2, 0.25) is 0 Å². The molecule has 3 heteroatoms. The zero-order valence-electron chi connectivity index (χ0n) is 10.2. The van der Waals surface area contributed by atoms with Gasteiger partial charge in [-0.2, -0.15) is 0 Å². The van der Waals surface area contributed by atoms with Gasteiger partial charge in [-0.05, 0) is 18.7 Å². The van der Waals surface area contributed by atoms with Crippen LogP contribution in [0, 0.1) is 6.92 Å². The van der Waals surface area contributed by atoms with Crippen LogP contribution in [0.25, 0.3) is 0 Å². The highest BCUT2D eigenvalue weighted by molar-refractivity contribution is 7.98. The fourth-order valence-electron chi connectivity index (χ4n) is 0.486. The van der Waals surface area contributed by atoms with E-state index < -0.39 is 0 Å². The molecule has 0 unspecified atom stereocenters. The van der Waals surface area contributed by atoms with Crippen LogP contribution in [0.15, 0.2) is 17.6 Å². The minimum atomic E-state index is 0.834. The molecule has 14 heavy (non-hydrogen) atoms. The average Bonchev–Trinajstić information content (AvgIpc) is 2.23. The molecule has 1 aromatic rings. The van der Waals surface area contributed by atoms with Crippen LogP contribution in [0.3, 0.4) is 0 Å². The first-order valence-corrected chi connectivity index (χ1v) is 6.29. The molecule has 0 atom stereocenters. The van der Waals surface area contributed by atoms with E-state index in [0.29, 0.717) is 0 Å². The predicted octanol–water partition coefficient (Wildman–Crippen LogP) is 3.95. The molecule has 0 radical (unpaired) electrons. The van der Waals surface area contributed by atoms with Crippen molar-refractivity contribution < 1.29 is 0 Å². The third kappa shape index (κ3) is 9.52. The van der Waals surface area contributed by atoms with Gasteiger partial charge in [0.05, 0.1) is 0 Å². The molecule has 1 aromatic heterocycles. The number of aryl methyl sites for hydroxylation is 1. The van der Waals surface area contributed by atoms with Crippen molar-refractivity contribution in [3.8, 4) is 0 Å². The summed E-state index contributed by atoms with van der Waals surface area (Å²) in [4.78, 5) is 8.10. The monoisotopic (exact) mass is 214 g/mol. The van der Waals surface area contributed by atoms with Crippen molar-refractivity contribution in [3.63, 3.8) is 0 Å². The van der Waals surface area contributed by atoms with Crippen molar-refractivity contribution in [2.24, 2.45) is 0 Å². The third-order valence-electron chi connectivity index (χ3n) is 0.940. The van der Waals surface area contributed by atoms with Crippen molar-refractivity contribution in [2.45, 2.75) is 46.2 Å². The van der Waals surface area contributed by atoms with Crippen molar-refractivity contribution in [1.82, 2.24) is 9.97 Å². The summed E-state index contributed by atoms with van der Waals surface area (Å²) in [5.74, 6) is 0. The van der Waals surface area contributed by atoms with Crippen LogP contribution in [0.4, 0.5) is 0 Å². The molecule has 0 fully saturated rings. The van der Waals surface area contributed by atoms with E-state index in [2.05, 4.69) is 23.8 Å². The summed E-state index contributed by atoms with van der Waals surface area (Å²) >= 11 is 1.56. The van der Waals surface area contributed by atoms with Crippen molar-refractivity contribution in [3.05, 3.63) is 18.0 Å². The first-order valence-electron chi connectivity index (χ1n) is 5.07. The quantitative estimate of drug-likeness (QED) is 0.523. The Labute approximate surface area is 92.6 Å². The van der Waals surface area contributed by atoms with Gasteiger partial charge in [-0.25, -0.2) is 9.97 Å². The van der Waals surface area contributed by atoms with E-state index in [1.165, 1.54) is 6.42 Å². The van der Waals surface area contributed by atoms with Crippen LogP contribution in [-0.2, 0) is 0 Å². The molecule has 1 rings (SSSR count). The van der Waals surface area contributed by atoms with Crippen LogP contribution in [0.5, 0.6) is 0 Å². The fourth-order valence-corrected chi connectivity index (χ4v) is 0.802. The second-order valence-corrected chi connectivity index (χ2v) is 3.23. The second kappa shape index (κ2) is 12.4. The minimum absolute atomic E-state index is 0.834. The van der Waals surface area contributed by atoms with Gasteiger partial charge in [-0.1, -0.05) is 45.9 Å². The van der Waals surface area contributed by atoms with Crippen molar-refractivity contribution in [1.29, 1.82) is 0 Å². The lowest BCUT2D eigenvalue weighted by Crippen LogP contribution is -1.84. The predicted molar refractivity (Wildman–Crippen MR) is 65.9 cm³/mol. The van der Waals surface area contributed by atoms with Crippen LogP contribution >= 0.6 is 11.8 Å². The number of rotatable bonds is 1. The molecule has 0 aromatic carbocycles. The maximum atomic E-state index is 4.05. The molecule has 0 aliphatic rings. The molecule has 0 amide bonds. The summed E-state index contributed by atoms with van der Waals surface area (Å²) in [5, 5.41) is 0.834. The van der Waals surface area contributed by atoms with E-state index in [0.717, 1.165) is 10.7 Å². The molecular weight excluding hydrogens is 192 g/mol. The highest BCUT2D eigenvalue weighted by Crippen LogP contribution is 2.05. The van der Waals surface area contributed by atoms with E-state index in [-0.39, 0.29) is 0 Å². The molecule has 0 saturated carbocycles. The molecule has 0 aliphatic heterocycles. The smallest absolute Gasteiger partial charge is 0.187 e. The molecule has 1 heterocycles. The Balaban J connectivity index is 0. The van der Waals surface area contributed by atoms with E-state index >= 15 is 0 Å². The fraction of sp³-hybridized carbons (Fsp3) is 0.636. The third-order valence-corrected chi connectivity index (χ3v) is 1.52. The Morgan fingerprint density at radius 3 is 1.79 bits per heavy atom. The number of aromatic nitrogens is 2. The molecule has 0 N–H and O–H groups in total. The van der Waals surface area contributed by atoms with Gasteiger partial charge >= 0.3 is 0 Å². The molecular formula is C11H22N2S. The summed E-state index contributed by atoms with van der Waals surface area (Å²) in [6.07, 6.45) is 6.85. The van der Waals surface area contributed by atoms with Crippen LogP contribution in [0.2, 0.25) is 0 Å². The minimum Gasteiger partial charge on any atom is -0.231 e. The summed E-state index contributed by atoms with van der Waals surface area (Å²) in [5.41, 5.74) is 1.10. The van der Waals surface area contributed by atoms with Crippen LogP contribution in [0.1, 0.15) is 39.7 Å². The number of nitrogens with zero attached hydrogens (tertiary/aromatic N) is 2. The molecule has 0 saturated heterocycles. The standard InChI is InChI=1S/C6H8N2S.C3H8.C2H6/c1-5-3-7-6(9-2)8-4-5;1-3-2;1-2/h3-4H,1-2H3;3H2,1-2H3;1-2H3. The van der Waals surface area contributed by atoms with Gasteiger partial charge in [-0.3, -0.25) is 0 Å². The Bertz CT molecular complexity index is 197. The largest absolute Gasteiger partial charge is 0.231 e. The lowest BCUT2D eigenvalue weighted by Gasteiger charge is -1.91. The second-order valence-electron chi connectivity index (χ2n) is 2.45. The first-order chi connectivity index (χ1) is 6.74. The van der Waals surface area contributed by atoms with Crippen molar-refractivity contribution >= 4 is 11.8 Å². The first kappa shape index (κ1) is 15.9. The van der Waals surface area contributed by atoms with Gasteiger partial charge < -0.3 is 0 Å². The maximum absolute atomic E-state index is 4.05. The summed E-state index contributed by atoms with van der Waals surface area (Å²) in [6, 6.07) is 0. The van der Waals surface area contributed by atoms with E-state index in [4.69, 9.17) is 0 Å². The van der Waals surface area contributed by atoms with E-state index in [9.17, 15) is 0 Å². The van der Waals surface area contributed by atoms with Gasteiger partial charge in [0, 0.05) is 12.4 Å². The summed E-state index contributed by atoms with van der Waals surface area (Å²) in [6.45, 7) is 10.2. The normalized spacial score (nSPS) is 7.86. The maximum Gasteiger partial charge on any atom is 0.187 e. The molecule has 0 aliphatic carbocycles. The average molecular weight is 214 g/mol. The van der Waals surface area contributed by atoms with Crippen LogP contribution < -0.4 is 0 Å². The van der Waals surface area contributed by atoms with Gasteiger partial charge in [0.25, 0.3) is 0 Å². The van der Waals surface area contributed by atoms with Gasteiger partial charge in [0.15, 0.2) is 5.16 Å². The van der Waals surface area contributed by atoms with Gasteiger partial charge in [0.1, 0.15) is 0 Å². The summed E-state index contributed by atoms with van der Waals surface area (Å²) < 4.78 is 0. The number of hydrogen-bond donors (Lipinski definition) is 0. The molecule has 0 spiro atoms. The lowest BCUT2D eigenvalue weighted by molar-refractivity contribution is 0.953. The Morgan fingerprint density at radius 1 is 1.14 bits per heavy atom.